The summed E-state index contributed by atoms with van der Waals surface area (Å²) in [7, 11) is 0. The molecule has 1 saturated heterocycles. The molecule has 3 atom stereocenters. The van der Waals surface area contributed by atoms with E-state index in [-0.39, 0.29) is 35.3 Å². The van der Waals surface area contributed by atoms with Gasteiger partial charge in [0.15, 0.2) is 5.82 Å². The van der Waals surface area contributed by atoms with E-state index < -0.39 is 6.36 Å². The molecule has 1 fully saturated rings. The van der Waals surface area contributed by atoms with Crippen LogP contribution >= 0.6 is 0 Å². The summed E-state index contributed by atoms with van der Waals surface area (Å²) in [6.45, 7) is 9.74. The molecule has 4 rings (SSSR count). The first-order valence-electron chi connectivity index (χ1n) is 12.8. The average Bonchev–Trinajstić information content (AvgIpc) is 2.89. The molecule has 1 unspecified atom stereocenters. The predicted molar refractivity (Wildman–Crippen MR) is 138 cm³/mol. The lowest BCUT2D eigenvalue weighted by Crippen LogP contribution is -2.58. The van der Waals surface area contributed by atoms with Crippen LogP contribution in [-0.2, 0) is 6.54 Å². The van der Waals surface area contributed by atoms with Crippen LogP contribution in [-0.4, -0.2) is 51.0 Å². The van der Waals surface area contributed by atoms with E-state index in [1.165, 1.54) is 12.1 Å². The van der Waals surface area contributed by atoms with Crippen molar-refractivity contribution in [3.05, 3.63) is 58.1 Å². The molecular formula is C27H31F3N6O2. The van der Waals surface area contributed by atoms with Gasteiger partial charge in [0.1, 0.15) is 23.0 Å². The molecule has 1 aliphatic rings. The maximum Gasteiger partial charge on any atom is 0.573 e. The number of nitriles is 1. The van der Waals surface area contributed by atoms with Crippen LogP contribution in [0.15, 0.2) is 41.2 Å². The highest BCUT2D eigenvalue weighted by molar-refractivity contribution is 5.86. The fraction of sp³-hybridized carbons (Fsp3) is 0.481. The van der Waals surface area contributed by atoms with Crippen molar-refractivity contribution in [1.29, 1.82) is 5.26 Å². The minimum Gasteiger partial charge on any atom is -0.406 e. The van der Waals surface area contributed by atoms with Gasteiger partial charge in [0.2, 0.25) is 0 Å². The third kappa shape index (κ3) is 5.45. The van der Waals surface area contributed by atoms with Gasteiger partial charge in [-0.2, -0.15) is 10.2 Å². The van der Waals surface area contributed by atoms with Crippen LogP contribution in [0, 0.1) is 11.3 Å². The van der Waals surface area contributed by atoms with E-state index in [0.29, 0.717) is 36.5 Å². The van der Waals surface area contributed by atoms with Crippen molar-refractivity contribution in [2.45, 2.75) is 71.6 Å². The van der Waals surface area contributed by atoms with Gasteiger partial charge in [0.05, 0.1) is 5.52 Å². The Kier molecular flexibility index (Phi) is 7.92. The Balaban J connectivity index is 1.67. The molecule has 0 amide bonds. The molecule has 2 aromatic heterocycles. The predicted octanol–water partition coefficient (Wildman–Crippen LogP) is 5.02. The number of hydrogen-bond acceptors (Lipinski definition) is 7. The smallest absolute Gasteiger partial charge is 0.406 e. The number of hydrogen-bond donors (Lipinski definition) is 0. The minimum atomic E-state index is -4.73. The maximum atomic E-state index is 12.9. The number of piperazine rings is 1. The molecule has 0 bridgehead atoms. The zero-order valence-corrected chi connectivity index (χ0v) is 21.9. The Morgan fingerprint density at radius 1 is 1.11 bits per heavy atom. The van der Waals surface area contributed by atoms with Crippen LogP contribution in [0.4, 0.5) is 19.0 Å². The van der Waals surface area contributed by atoms with Crippen molar-refractivity contribution in [2.75, 3.05) is 18.0 Å². The number of aryl methyl sites for hydroxylation is 1. The van der Waals surface area contributed by atoms with Gasteiger partial charge in [-0.05, 0) is 56.5 Å². The van der Waals surface area contributed by atoms with Crippen molar-refractivity contribution < 1.29 is 17.9 Å². The number of halogens is 3. The van der Waals surface area contributed by atoms with Crippen molar-refractivity contribution in [3.8, 4) is 11.8 Å². The quantitative estimate of drug-likeness (QED) is 0.426. The highest BCUT2D eigenvalue weighted by Gasteiger charge is 2.37. The normalized spacial score (nSPS) is 19.4. The first-order valence-corrected chi connectivity index (χ1v) is 12.8. The summed E-state index contributed by atoms with van der Waals surface area (Å²) in [5.74, 6) is 0.233. The van der Waals surface area contributed by atoms with Gasteiger partial charge in [-0.25, -0.2) is 9.78 Å². The Hall–Kier alpha value is -3.65. The zero-order valence-electron chi connectivity index (χ0n) is 21.9. The third-order valence-electron chi connectivity index (χ3n) is 7.16. The molecule has 1 aromatic carbocycles. The number of anilines is 1. The SMILES string of the molecule is CCC(c1ccc(OC(F)(F)F)cc1)N1C[C@H](CC)N(c2nc(=O)n(CC)c3ccc(C#N)nc23)C[C@H]1C. The largest absolute Gasteiger partial charge is 0.573 e. The first kappa shape index (κ1) is 27.4. The second-order valence-electron chi connectivity index (χ2n) is 9.44. The Morgan fingerprint density at radius 3 is 2.39 bits per heavy atom. The summed E-state index contributed by atoms with van der Waals surface area (Å²) in [5.41, 5.74) is 1.96. The van der Waals surface area contributed by atoms with Crippen LogP contribution in [0.2, 0.25) is 0 Å². The van der Waals surface area contributed by atoms with Crippen molar-refractivity contribution in [3.63, 3.8) is 0 Å². The lowest BCUT2D eigenvalue weighted by molar-refractivity contribution is -0.274. The summed E-state index contributed by atoms with van der Waals surface area (Å²) in [4.78, 5) is 26.4. The second kappa shape index (κ2) is 11.0. The van der Waals surface area contributed by atoms with E-state index in [1.807, 2.05) is 6.92 Å². The van der Waals surface area contributed by atoms with E-state index in [0.717, 1.165) is 18.4 Å². The van der Waals surface area contributed by atoms with Crippen LogP contribution in [0.25, 0.3) is 11.0 Å². The topological polar surface area (TPSA) is 87.3 Å². The molecule has 0 N–H and O–H groups in total. The Morgan fingerprint density at radius 2 is 1.82 bits per heavy atom. The number of pyridine rings is 1. The van der Waals surface area contributed by atoms with Gasteiger partial charge in [-0.1, -0.05) is 26.0 Å². The molecule has 202 valence electrons. The van der Waals surface area contributed by atoms with Crippen LogP contribution in [0.3, 0.4) is 0 Å². The summed E-state index contributed by atoms with van der Waals surface area (Å²) < 4.78 is 43.4. The molecule has 0 aliphatic carbocycles. The Bertz CT molecular complexity index is 1380. The van der Waals surface area contributed by atoms with E-state index in [1.54, 1.807) is 28.8 Å². The van der Waals surface area contributed by atoms with Gasteiger partial charge in [-0.3, -0.25) is 9.47 Å². The number of nitrogens with zero attached hydrogens (tertiary/aromatic N) is 6. The summed E-state index contributed by atoms with van der Waals surface area (Å²) >= 11 is 0. The lowest BCUT2D eigenvalue weighted by Gasteiger charge is -2.48. The Labute approximate surface area is 219 Å². The number of ether oxygens (including phenoxy) is 1. The number of benzene rings is 1. The standard InChI is InChI=1S/C27H31F3N6O2/c1-5-20-16-35(22(6-2)18-8-11-21(12-9-18)38-27(28,29)30)17(4)15-36(20)25-24-23(13-10-19(14-31)32-24)34(7-3)26(37)33-25/h8-13,17,20,22H,5-7,15-16H2,1-4H3/t17-,20+,22?/m1/s1. The van der Waals surface area contributed by atoms with Gasteiger partial charge >= 0.3 is 12.1 Å². The van der Waals surface area contributed by atoms with E-state index in [4.69, 9.17) is 0 Å². The number of alkyl halides is 3. The highest BCUT2D eigenvalue weighted by Crippen LogP contribution is 2.35. The second-order valence-corrected chi connectivity index (χ2v) is 9.44. The summed E-state index contributed by atoms with van der Waals surface area (Å²) in [6, 6.07) is 11.5. The molecule has 0 spiro atoms. The van der Waals surface area contributed by atoms with Gasteiger partial charge in [-0.15, -0.1) is 13.2 Å². The molecule has 1 aliphatic heterocycles. The molecule has 38 heavy (non-hydrogen) atoms. The van der Waals surface area contributed by atoms with Crippen LogP contribution in [0.1, 0.15) is 57.8 Å². The number of fused-ring (bicyclic) bond motifs is 1. The van der Waals surface area contributed by atoms with Crippen LogP contribution < -0.4 is 15.3 Å². The number of aromatic nitrogens is 3. The molecule has 3 aromatic rings. The molecule has 11 heteroatoms. The zero-order chi connectivity index (χ0) is 27.6. The van der Waals surface area contributed by atoms with Gasteiger partial charge in [0, 0.05) is 37.8 Å². The van der Waals surface area contributed by atoms with E-state index in [9.17, 15) is 23.2 Å². The van der Waals surface area contributed by atoms with Crippen molar-refractivity contribution in [1.82, 2.24) is 19.4 Å². The number of rotatable bonds is 7. The first-order chi connectivity index (χ1) is 18.1. The minimum absolute atomic E-state index is 0.00760. The lowest BCUT2D eigenvalue weighted by atomic mass is 9.96. The molecular weight excluding hydrogens is 497 g/mol. The fourth-order valence-electron chi connectivity index (χ4n) is 5.37. The summed E-state index contributed by atoms with van der Waals surface area (Å²) in [5, 5.41) is 9.44. The summed E-state index contributed by atoms with van der Waals surface area (Å²) in [6.07, 6.45) is -3.19. The van der Waals surface area contributed by atoms with Crippen molar-refractivity contribution in [2.24, 2.45) is 0 Å². The molecule has 8 nitrogen and oxygen atoms in total. The van der Waals surface area contributed by atoms with Crippen molar-refractivity contribution >= 4 is 16.9 Å². The molecule has 0 radical (unpaired) electrons. The van der Waals surface area contributed by atoms with Gasteiger partial charge < -0.3 is 9.64 Å². The monoisotopic (exact) mass is 528 g/mol. The fourth-order valence-corrected chi connectivity index (χ4v) is 5.37. The van der Waals surface area contributed by atoms with Gasteiger partial charge in [0.25, 0.3) is 0 Å². The highest BCUT2D eigenvalue weighted by atomic mass is 19.4. The van der Waals surface area contributed by atoms with E-state index >= 15 is 0 Å². The van der Waals surface area contributed by atoms with E-state index in [2.05, 4.69) is 51.3 Å². The third-order valence-corrected chi connectivity index (χ3v) is 7.16. The molecule has 0 saturated carbocycles. The molecule has 3 heterocycles. The van der Waals surface area contributed by atoms with Crippen LogP contribution in [0.5, 0.6) is 5.75 Å². The maximum absolute atomic E-state index is 12.9. The average molecular weight is 529 g/mol.